The first-order chi connectivity index (χ1) is 14.8. The van der Waals surface area contributed by atoms with E-state index < -0.39 is 33.6 Å². The zero-order valence-corrected chi connectivity index (χ0v) is 17.7. The molecule has 31 heavy (non-hydrogen) atoms. The normalized spacial score (nSPS) is 25.0. The van der Waals surface area contributed by atoms with E-state index in [0.29, 0.717) is 5.82 Å². The van der Waals surface area contributed by atoms with Crippen LogP contribution in [0.5, 0.6) is 0 Å². The summed E-state index contributed by atoms with van der Waals surface area (Å²) in [6.07, 6.45) is -0.211. The second kappa shape index (κ2) is 7.40. The SMILES string of the molecule is O=S(=O)(c1cccs1)N1CCO[C@]12CCN(c1cnc3cc(F)c(F)cc3n1)C[C@H]2F. The number of anilines is 1. The highest BCUT2D eigenvalue weighted by Crippen LogP contribution is 2.41. The molecule has 1 spiro atoms. The van der Waals surface area contributed by atoms with Crippen molar-refractivity contribution in [1.29, 1.82) is 0 Å². The Balaban J connectivity index is 1.42. The second-order valence-electron chi connectivity index (χ2n) is 7.35. The molecule has 2 aliphatic rings. The minimum atomic E-state index is -3.89. The lowest BCUT2D eigenvalue weighted by Gasteiger charge is -2.45. The number of ether oxygens (including phenoxy) is 1. The first-order valence-corrected chi connectivity index (χ1v) is 11.8. The van der Waals surface area contributed by atoms with Gasteiger partial charge in [0.05, 0.1) is 30.4 Å². The first kappa shape index (κ1) is 20.6. The summed E-state index contributed by atoms with van der Waals surface area (Å²) in [5, 5.41) is 1.65. The maximum atomic E-state index is 15.5. The van der Waals surface area contributed by atoms with E-state index in [1.54, 1.807) is 16.3 Å². The van der Waals surface area contributed by atoms with Gasteiger partial charge in [0.25, 0.3) is 10.0 Å². The Morgan fingerprint density at radius 3 is 2.68 bits per heavy atom. The van der Waals surface area contributed by atoms with Crippen LogP contribution in [0.1, 0.15) is 6.42 Å². The van der Waals surface area contributed by atoms with Crippen LogP contribution in [0.3, 0.4) is 0 Å². The lowest BCUT2D eigenvalue weighted by Crippen LogP contribution is -2.62. The van der Waals surface area contributed by atoms with Crippen LogP contribution in [0.2, 0.25) is 0 Å². The Morgan fingerprint density at radius 1 is 1.19 bits per heavy atom. The molecule has 2 aromatic heterocycles. The minimum absolute atomic E-state index is 0.0707. The predicted molar refractivity (Wildman–Crippen MR) is 108 cm³/mol. The number of piperidine rings is 1. The number of sulfonamides is 1. The summed E-state index contributed by atoms with van der Waals surface area (Å²) in [6, 6.07) is 5.00. The van der Waals surface area contributed by atoms with E-state index >= 15 is 4.39 Å². The molecule has 164 valence electrons. The van der Waals surface area contributed by atoms with E-state index in [1.807, 2.05) is 0 Å². The van der Waals surface area contributed by atoms with Gasteiger partial charge >= 0.3 is 0 Å². The smallest absolute Gasteiger partial charge is 0.255 e. The quantitative estimate of drug-likeness (QED) is 0.586. The van der Waals surface area contributed by atoms with Crippen LogP contribution in [0.25, 0.3) is 11.0 Å². The Labute approximate surface area is 180 Å². The number of benzene rings is 1. The van der Waals surface area contributed by atoms with Crippen molar-refractivity contribution in [3.8, 4) is 0 Å². The number of nitrogens with zero attached hydrogens (tertiary/aromatic N) is 4. The number of hydrogen-bond acceptors (Lipinski definition) is 7. The molecule has 0 N–H and O–H groups in total. The molecule has 5 rings (SSSR count). The van der Waals surface area contributed by atoms with E-state index in [1.165, 1.54) is 12.3 Å². The maximum absolute atomic E-state index is 15.5. The molecule has 2 fully saturated rings. The largest absolute Gasteiger partial charge is 0.355 e. The molecular formula is C19H17F3N4O3S2. The summed E-state index contributed by atoms with van der Waals surface area (Å²) in [7, 11) is -3.89. The highest BCUT2D eigenvalue weighted by Gasteiger charge is 2.57. The van der Waals surface area contributed by atoms with E-state index in [4.69, 9.17) is 4.74 Å². The molecule has 7 nitrogen and oxygen atoms in total. The van der Waals surface area contributed by atoms with Gasteiger partial charge in [0.2, 0.25) is 0 Å². The molecular weight excluding hydrogens is 453 g/mol. The van der Waals surface area contributed by atoms with Gasteiger partial charge in [-0.05, 0) is 11.4 Å². The van der Waals surface area contributed by atoms with Gasteiger partial charge in [-0.3, -0.25) is 4.98 Å². The molecule has 3 aromatic rings. The third-order valence-electron chi connectivity index (χ3n) is 5.61. The van der Waals surface area contributed by atoms with Gasteiger partial charge in [0, 0.05) is 31.6 Å². The van der Waals surface area contributed by atoms with Gasteiger partial charge in [-0.2, -0.15) is 4.31 Å². The van der Waals surface area contributed by atoms with Crippen molar-refractivity contribution in [2.75, 3.05) is 31.1 Å². The molecule has 0 saturated carbocycles. The number of aromatic nitrogens is 2. The van der Waals surface area contributed by atoms with Gasteiger partial charge in [-0.1, -0.05) is 6.07 Å². The van der Waals surface area contributed by atoms with Crippen LogP contribution in [0.4, 0.5) is 19.0 Å². The predicted octanol–water partition coefficient (Wildman–Crippen LogP) is 2.94. The molecule has 4 heterocycles. The van der Waals surface area contributed by atoms with Gasteiger partial charge in [0.1, 0.15) is 10.0 Å². The zero-order valence-electron chi connectivity index (χ0n) is 16.0. The lowest BCUT2D eigenvalue weighted by molar-refractivity contribution is -0.116. The standard InChI is InChI=1S/C19H17F3N4O3S2/c20-12-8-14-15(9-13(12)21)24-17(10-23-14)25-4-3-19(16(22)11-25)26(5-6-29-19)31(27,28)18-2-1-7-30-18/h1-2,7-10,16H,3-6,11H2/t16-,19+/m1/s1. The Bertz CT molecular complexity index is 1240. The van der Waals surface area contributed by atoms with Crippen molar-refractivity contribution >= 4 is 38.2 Å². The summed E-state index contributed by atoms with van der Waals surface area (Å²) < 4.78 is 75.5. The van der Waals surface area contributed by atoms with E-state index in [9.17, 15) is 17.2 Å². The van der Waals surface area contributed by atoms with Crippen molar-refractivity contribution in [2.45, 2.75) is 22.5 Å². The summed E-state index contributed by atoms with van der Waals surface area (Å²) in [6.45, 7) is 0.244. The summed E-state index contributed by atoms with van der Waals surface area (Å²) in [5.74, 6) is -1.78. The van der Waals surface area contributed by atoms with Gasteiger partial charge in [-0.25, -0.2) is 26.6 Å². The van der Waals surface area contributed by atoms with E-state index in [2.05, 4.69) is 9.97 Å². The highest BCUT2D eigenvalue weighted by atomic mass is 32.2. The number of hydrogen-bond donors (Lipinski definition) is 0. The second-order valence-corrected chi connectivity index (χ2v) is 10.4. The topological polar surface area (TPSA) is 75.6 Å². The third kappa shape index (κ3) is 3.28. The molecule has 0 bridgehead atoms. The number of alkyl halides is 1. The average molecular weight is 470 g/mol. The van der Waals surface area contributed by atoms with Crippen LogP contribution in [-0.2, 0) is 14.8 Å². The number of halogens is 3. The molecule has 1 aromatic carbocycles. The fourth-order valence-corrected chi connectivity index (χ4v) is 6.91. The monoisotopic (exact) mass is 470 g/mol. The Kier molecular flexibility index (Phi) is 4.92. The Hall–Kier alpha value is -2.28. The summed E-state index contributed by atoms with van der Waals surface area (Å²) in [5.41, 5.74) is -1.26. The van der Waals surface area contributed by atoms with Gasteiger partial charge < -0.3 is 9.64 Å². The van der Waals surface area contributed by atoms with E-state index in [-0.39, 0.29) is 47.9 Å². The highest BCUT2D eigenvalue weighted by molar-refractivity contribution is 7.91. The number of thiophene rings is 1. The molecule has 0 unspecified atom stereocenters. The molecule has 0 aliphatic carbocycles. The van der Waals surface area contributed by atoms with Crippen molar-refractivity contribution < 1.29 is 26.3 Å². The van der Waals surface area contributed by atoms with Crippen LogP contribution in [-0.4, -0.2) is 60.8 Å². The van der Waals surface area contributed by atoms with Crippen LogP contribution in [0, 0.1) is 11.6 Å². The minimum Gasteiger partial charge on any atom is -0.355 e. The summed E-state index contributed by atoms with van der Waals surface area (Å²) >= 11 is 1.07. The number of rotatable bonds is 3. The molecule has 0 amide bonds. The fourth-order valence-electron chi connectivity index (χ4n) is 4.09. The third-order valence-corrected chi connectivity index (χ3v) is 8.91. The van der Waals surface area contributed by atoms with Crippen molar-refractivity contribution in [3.63, 3.8) is 0 Å². The average Bonchev–Trinajstić information content (AvgIpc) is 3.42. The van der Waals surface area contributed by atoms with E-state index in [0.717, 1.165) is 27.8 Å². The molecule has 2 saturated heterocycles. The van der Waals surface area contributed by atoms with Gasteiger partial charge in [-0.15, -0.1) is 11.3 Å². The lowest BCUT2D eigenvalue weighted by atomic mass is 9.98. The van der Waals surface area contributed by atoms with Crippen molar-refractivity contribution in [3.05, 3.63) is 47.5 Å². The van der Waals surface area contributed by atoms with Crippen LogP contribution in [0.15, 0.2) is 40.1 Å². The molecule has 2 aliphatic heterocycles. The Morgan fingerprint density at radius 2 is 1.97 bits per heavy atom. The van der Waals surface area contributed by atoms with Gasteiger partial charge in [0.15, 0.2) is 23.5 Å². The zero-order chi connectivity index (χ0) is 21.8. The fraction of sp³-hybridized carbons (Fsp3) is 0.368. The van der Waals surface area contributed by atoms with Crippen LogP contribution >= 0.6 is 11.3 Å². The van der Waals surface area contributed by atoms with Crippen molar-refractivity contribution in [1.82, 2.24) is 14.3 Å². The van der Waals surface area contributed by atoms with Crippen molar-refractivity contribution in [2.24, 2.45) is 0 Å². The first-order valence-electron chi connectivity index (χ1n) is 9.52. The molecule has 12 heteroatoms. The van der Waals surface area contributed by atoms with Crippen LogP contribution < -0.4 is 4.90 Å². The molecule has 2 atom stereocenters. The molecule has 0 radical (unpaired) electrons. The maximum Gasteiger partial charge on any atom is 0.255 e. The number of fused-ring (bicyclic) bond motifs is 1. The summed E-state index contributed by atoms with van der Waals surface area (Å²) in [4.78, 5) is 9.97.